The lowest BCUT2D eigenvalue weighted by atomic mass is 10.2. The molecule has 0 amide bonds. The van der Waals surface area contributed by atoms with Crippen molar-refractivity contribution in [3.63, 3.8) is 0 Å². The van der Waals surface area contributed by atoms with Crippen LogP contribution in [0, 0.1) is 5.82 Å². The first kappa shape index (κ1) is 17.1. The third-order valence-electron chi connectivity index (χ3n) is 4.17. The molecule has 0 aliphatic carbocycles. The Labute approximate surface area is 147 Å². The number of benzene rings is 2. The predicted octanol–water partition coefficient (Wildman–Crippen LogP) is 2.34. The molecular formula is C19H23FN4O. The van der Waals surface area contributed by atoms with Crippen LogP contribution in [-0.4, -0.2) is 50.2 Å². The van der Waals surface area contributed by atoms with E-state index < -0.39 is 0 Å². The fourth-order valence-corrected chi connectivity index (χ4v) is 2.79. The molecule has 1 saturated heterocycles. The fourth-order valence-electron chi connectivity index (χ4n) is 2.79. The van der Waals surface area contributed by atoms with Crippen molar-refractivity contribution in [3.8, 4) is 5.75 Å². The average molecular weight is 342 g/mol. The van der Waals surface area contributed by atoms with Gasteiger partial charge in [0.1, 0.15) is 18.2 Å². The van der Waals surface area contributed by atoms with E-state index in [0.717, 1.165) is 37.6 Å². The molecule has 1 aliphatic rings. The summed E-state index contributed by atoms with van der Waals surface area (Å²) >= 11 is 0. The smallest absolute Gasteiger partial charge is 0.191 e. The number of halogens is 1. The van der Waals surface area contributed by atoms with Crippen LogP contribution in [-0.2, 0) is 0 Å². The van der Waals surface area contributed by atoms with Crippen LogP contribution >= 0.6 is 0 Å². The largest absolute Gasteiger partial charge is 0.492 e. The van der Waals surface area contributed by atoms with Crippen molar-refractivity contribution in [1.29, 1.82) is 0 Å². The topological polar surface area (TPSA) is 54.1 Å². The Hall–Kier alpha value is -2.76. The normalized spacial score (nSPS) is 15.3. The van der Waals surface area contributed by atoms with Gasteiger partial charge in [-0.2, -0.15) is 0 Å². The molecule has 2 N–H and O–H groups in total. The van der Waals surface area contributed by atoms with E-state index in [0.29, 0.717) is 19.1 Å². The van der Waals surface area contributed by atoms with Crippen molar-refractivity contribution >= 4 is 11.6 Å². The van der Waals surface area contributed by atoms with E-state index in [2.05, 4.69) is 14.8 Å². The van der Waals surface area contributed by atoms with Gasteiger partial charge >= 0.3 is 0 Å². The van der Waals surface area contributed by atoms with E-state index in [9.17, 15) is 4.39 Å². The number of guanidine groups is 1. The van der Waals surface area contributed by atoms with Gasteiger partial charge in [0, 0.05) is 31.9 Å². The number of rotatable bonds is 5. The van der Waals surface area contributed by atoms with Crippen molar-refractivity contribution in [2.75, 3.05) is 44.2 Å². The molecule has 0 radical (unpaired) electrons. The number of hydrogen-bond acceptors (Lipinski definition) is 3. The molecule has 2 aromatic rings. The second-order valence-corrected chi connectivity index (χ2v) is 5.85. The molecule has 1 fully saturated rings. The molecule has 1 aliphatic heterocycles. The molecule has 0 bridgehead atoms. The number of para-hydroxylation sites is 1. The minimum absolute atomic E-state index is 0.212. The maximum absolute atomic E-state index is 13.0. The van der Waals surface area contributed by atoms with E-state index in [1.165, 1.54) is 12.1 Å². The van der Waals surface area contributed by atoms with Crippen LogP contribution in [0.5, 0.6) is 5.75 Å². The summed E-state index contributed by atoms with van der Waals surface area (Å²) in [4.78, 5) is 8.70. The second-order valence-electron chi connectivity index (χ2n) is 5.85. The van der Waals surface area contributed by atoms with Gasteiger partial charge in [0.2, 0.25) is 0 Å². The molecule has 2 aromatic carbocycles. The van der Waals surface area contributed by atoms with E-state index in [-0.39, 0.29) is 5.82 Å². The summed E-state index contributed by atoms with van der Waals surface area (Å²) in [5.74, 6) is 1.18. The zero-order chi connectivity index (χ0) is 17.5. The van der Waals surface area contributed by atoms with Crippen LogP contribution in [0.3, 0.4) is 0 Å². The SMILES string of the molecule is NC(=NCCOc1ccccc1)N1CCN(c2ccc(F)cc2)CC1. The monoisotopic (exact) mass is 342 g/mol. The summed E-state index contributed by atoms with van der Waals surface area (Å²) < 4.78 is 18.6. The summed E-state index contributed by atoms with van der Waals surface area (Å²) in [5.41, 5.74) is 7.12. The Morgan fingerprint density at radius 1 is 1.00 bits per heavy atom. The minimum Gasteiger partial charge on any atom is -0.492 e. The molecule has 0 spiro atoms. The Balaban J connectivity index is 1.43. The number of ether oxygens (including phenoxy) is 1. The lowest BCUT2D eigenvalue weighted by molar-refractivity contribution is 0.326. The Morgan fingerprint density at radius 3 is 2.36 bits per heavy atom. The van der Waals surface area contributed by atoms with Crippen molar-refractivity contribution in [2.24, 2.45) is 10.7 Å². The maximum atomic E-state index is 13.0. The Bertz CT molecular complexity index is 682. The van der Waals surface area contributed by atoms with E-state index >= 15 is 0 Å². The van der Waals surface area contributed by atoms with Gasteiger partial charge in [0.05, 0.1) is 6.54 Å². The zero-order valence-corrected chi connectivity index (χ0v) is 14.1. The van der Waals surface area contributed by atoms with Gasteiger partial charge in [-0.05, 0) is 36.4 Å². The summed E-state index contributed by atoms with van der Waals surface area (Å²) in [6, 6.07) is 16.3. The quantitative estimate of drug-likeness (QED) is 0.515. The van der Waals surface area contributed by atoms with Gasteiger partial charge in [0.15, 0.2) is 5.96 Å². The maximum Gasteiger partial charge on any atom is 0.191 e. The molecule has 0 unspecified atom stereocenters. The number of anilines is 1. The fraction of sp³-hybridized carbons (Fsp3) is 0.316. The Morgan fingerprint density at radius 2 is 1.68 bits per heavy atom. The molecule has 1 heterocycles. The molecule has 0 saturated carbocycles. The van der Waals surface area contributed by atoms with Crippen LogP contribution < -0.4 is 15.4 Å². The number of hydrogen-bond donors (Lipinski definition) is 1. The molecule has 0 atom stereocenters. The van der Waals surface area contributed by atoms with Gasteiger partial charge < -0.3 is 20.3 Å². The van der Waals surface area contributed by atoms with Crippen molar-refractivity contribution < 1.29 is 9.13 Å². The van der Waals surface area contributed by atoms with E-state index in [1.807, 2.05) is 42.5 Å². The molecule has 25 heavy (non-hydrogen) atoms. The molecule has 5 nitrogen and oxygen atoms in total. The van der Waals surface area contributed by atoms with Crippen molar-refractivity contribution in [2.45, 2.75) is 0 Å². The van der Waals surface area contributed by atoms with Crippen LogP contribution in [0.15, 0.2) is 59.6 Å². The highest BCUT2D eigenvalue weighted by Crippen LogP contribution is 2.16. The highest BCUT2D eigenvalue weighted by atomic mass is 19.1. The molecule has 0 aromatic heterocycles. The number of piperazine rings is 1. The van der Waals surface area contributed by atoms with Crippen LogP contribution in [0.4, 0.5) is 10.1 Å². The van der Waals surface area contributed by atoms with Crippen LogP contribution in [0.2, 0.25) is 0 Å². The summed E-state index contributed by atoms with van der Waals surface area (Å²) in [6.07, 6.45) is 0. The molecule has 3 rings (SSSR count). The predicted molar refractivity (Wildman–Crippen MR) is 98.6 cm³/mol. The van der Waals surface area contributed by atoms with Crippen molar-refractivity contribution in [3.05, 3.63) is 60.4 Å². The third kappa shape index (κ3) is 4.86. The van der Waals surface area contributed by atoms with Crippen molar-refractivity contribution in [1.82, 2.24) is 4.90 Å². The third-order valence-corrected chi connectivity index (χ3v) is 4.17. The summed E-state index contributed by atoms with van der Waals surface area (Å²) in [5, 5.41) is 0. The van der Waals surface area contributed by atoms with Crippen LogP contribution in [0.25, 0.3) is 0 Å². The average Bonchev–Trinajstić information content (AvgIpc) is 2.67. The first-order chi connectivity index (χ1) is 12.2. The van der Waals surface area contributed by atoms with Crippen LogP contribution in [0.1, 0.15) is 0 Å². The highest BCUT2D eigenvalue weighted by Gasteiger charge is 2.18. The Kier molecular flexibility index (Phi) is 5.72. The summed E-state index contributed by atoms with van der Waals surface area (Å²) in [7, 11) is 0. The number of nitrogens with zero attached hydrogens (tertiary/aromatic N) is 3. The zero-order valence-electron chi connectivity index (χ0n) is 14.1. The first-order valence-corrected chi connectivity index (χ1v) is 8.45. The second kappa shape index (κ2) is 8.37. The first-order valence-electron chi connectivity index (χ1n) is 8.45. The van der Waals surface area contributed by atoms with Gasteiger partial charge in [0.25, 0.3) is 0 Å². The van der Waals surface area contributed by atoms with Gasteiger partial charge in [-0.25, -0.2) is 9.38 Å². The molecule has 6 heteroatoms. The van der Waals surface area contributed by atoms with E-state index in [4.69, 9.17) is 10.5 Å². The highest BCUT2D eigenvalue weighted by molar-refractivity contribution is 5.78. The van der Waals surface area contributed by atoms with Gasteiger partial charge in [-0.3, -0.25) is 0 Å². The molecule has 132 valence electrons. The number of aliphatic imine (C=N–C) groups is 1. The van der Waals surface area contributed by atoms with Gasteiger partial charge in [-0.1, -0.05) is 18.2 Å². The lowest BCUT2D eigenvalue weighted by Gasteiger charge is -2.36. The summed E-state index contributed by atoms with van der Waals surface area (Å²) in [6.45, 7) is 4.29. The van der Waals surface area contributed by atoms with E-state index in [1.54, 1.807) is 0 Å². The lowest BCUT2D eigenvalue weighted by Crippen LogP contribution is -2.51. The van der Waals surface area contributed by atoms with Gasteiger partial charge in [-0.15, -0.1) is 0 Å². The minimum atomic E-state index is -0.212. The number of nitrogens with two attached hydrogens (primary N) is 1. The standard InChI is InChI=1S/C19H23FN4O/c20-16-6-8-17(9-7-16)23-11-13-24(14-12-23)19(21)22-10-15-25-18-4-2-1-3-5-18/h1-9H,10-15H2,(H2,21,22). The molecular weight excluding hydrogens is 319 g/mol.